The van der Waals surface area contributed by atoms with E-state index in [4.69, 9.17) is 9.84 Å². The highest BCUT2D eigenvalue weighted by Gasteiger charge is 2.32. The van der Waals surface area contributed by atoms with Gasteiger partial charge in [-0.1, -0.05) is 19.3 Å². The lowest BCUT2D eigenvalue weighted by atomic mass is 9.80. The number of amides is 1. The summed E-state index contributed by atoms with van der Waals surface area (Å²) in [6, 6.07) is -0.808. The molecule has 6 heteroatoms. The van der Waals surface area contributed by atoms with Gasteiger partial charge in [-0.25, -0.2) is 9.59 Å². The van der Waals surface area contributed by atoms with E-state index in [1.54, 1.807) is 20.8 Å². The largest absolute Gasteiger partial charge is 0.479 e. The first-order valence-electron chi connectivity index (χ1n) is 6.59. The maximum absolute atomic E-state index is 11.6. The van der Waals surface area contributed by atoms with Crippen LogP contribution in [0.15, 0.2) is 0 Å². The lowest BCUT2D eigenvalue weighted by Crippen LogP contribution is -2.49. The van der Waals surface area contributed by atoms with Gasteiger partial charge >= 0.3 is 12.1 Å². The van der Waals surface area contributed by atoms with Crippen LogP contribution in [-0.4, -0.2) is 40.0 Å². The summed E-state index contributed by atoms with van der Waals surface area (Å²) in [6.45, 7) is 5.17. The van der Waals surface area contributed by atoms with Crippen LogP contribution in [0.4, 0.5) is 4.79 Å². The van der Waals surface area contributed by atoms with Crippen molar-refractivity contribution in [3.63, 3.8) is 0 Å². The molecular weight excluding hydrogens is 250 g/mol. The van der Waals surface area contributed by atoms with Crippen LogP contribution in [0, 0.1) is 5.92 Å². The standard InChI is InChI=1S/C13H23NO5/c1-13(2,3)19-12(18)14-9(10(15)11(16)17)7-8-5-4-6-8/h8-10,15H,4-7H2,1-3H3,(H,14,18)(H,16,17). The van der Waals surface area contributed by atoms with Crippen molar-refractivity contribution in [2.45, 2.75) is 64.2 Å². The summed E-state index contributed by atoms with van der Waals surface area (Å²) in [7, 11) is 0. The molecule has 2 unspecified atom stereocenters. The summed E-state index contributed by atoms with van der Waals surface area (Å²) in [6.07, 6.45) is 1.31. The minimum absolute atomic E-state index is 0.369. The van der Waals surface area contributed by atoms with Crippen LogP contribution in [0.5, 0.6) is 0 Å². The normalized spacial score (nSPS) is 19.2. The van der Waals surface area contributed by atoms with Gasteiger partial charge in [0.1, 0.15) is 5.60 Å². The molecule has 0 aromatic carbocycles. The molecule has 0 radical (unpaired) electrons. The number of carboxylic acids is 1. The Labute approximate surface area is 113 Å². The number of carbonyl (C=O) groups excluding carboxylic acids is 1. The van der Waals surface area contributed by atoms with Crippen LogP contribution < -0.4 is 5.32 Å². The molecule has 0 aliphatic heterocycles. The van der Waals surface area contributed by atoms with Gasteiger partial charge in [0.25, 0.3) is 0 Å². The highest BCUT2D eigenvalue weighted by atomic mass is 16.6. The number of ether oxygens (including phenoxy) is 1. The van der Waals surface area contributed by atoms with E-state index in [1.807, 2.05) is 0 Å². The molecule has 3 N–H and O–H groups in total. The number of alkyl carbamates (subject to hydrolysis) is 1. The van der Waals surface area contributed by atoms with E-state index in [0.29, 0.717) is 12.3 Å². The van der Waals surface area contributed by atoms with E-state index in [0.717, 1.165) is 19.3 Å². The van der Waals surface area contributed by atoms with Crippen molar-refractivity contribution < 1.29 is 24.5 Å². The molecule has 1 aliphatic rings. The van der Waals surface area contributed by atoms with E-state index in [1.165, 1.54) is 0 Å². The first-order chi connectivity index (χ1) is 8.69. The Morgan fingerprint density at radius 3 is 2.32 bits per heavy atom. The third-order valence-electron chi connectivity index (χ3n) is 3.15. The van der Waals surface area contributed by atoms with E-state index in [2.05, 4.69) is 5.32 Å². The average Bonchev–Trinajstić information content (AvgIpc) is 2.17. The van der Waals surface area contributed by atoms with Crippen LogP contribution >= 0.6 is 0 Å². The van der Waals surface area contributed by atoms with Gasteiger partial charge in [-0.3, -0.25) is 0 Å². The van der Waals surface area contributed by atoms with Crippen molar-refractivity contribution in [1.29, 1.82) is 0 Å². The van der Waals surface area contributed by atoms with Gasteiger partial charge in [0, 0.05) is 0 Å². The van der Waals surface area contributed by atoms with Crippen molar-refractivity contribution in [3.8, 4) is 0 Å². The van der Waals surface area contributed by atoms with Crippen molar-refractivity contribution in [2.24, 2.45) is 5.92 Å². The SMILES string of the molecule is CC(C)(C)OC(=O)NC(CC1CCC1)C(O)C(=O)O. The number of carbonyl (C=O) groups is 2. The maximum Gasteiger partial charge on any atom is 0.407 e. The molecule has 1 fully saturated rings. The second kappa shape index (κ2) is 6.23. The minimum Gasteiger partial charge on any atom is -0.479 e. The fourth-order valence-corrected chi connectivity index (χ4v) is 1.99. The van der Waals surface area contributed by atoms with Crippen molar-refractivity contribution in [2.75, 3.05) is 0 Å². The van der Waals surface area contributed by atoms with E-state index < -0.39 is 29.8 Å². The zero-order chi connectivity index (χ0) is 14.6. The zero-order valence-electron chi connectivity index (χ0n) is 11.7. The summed E-state index contributed by atoms with van der Waals surface area (Å²) in [4.78, 5) is 22.5. The molecule has 0 heterocycles. The third-order valence-corrected chi connectivity index (χ3v) is 3.15. The van der Waals surface area contributed by atoms with Crippen molar-refractivity contribution in [1.82, 2.24) is 5.32 Å². The highest BCUT2D eigenvalue weighted by Crippen LogP contribution is 2.31. The van der Waals surface area contributed by atoms with Crippen LogP contribution in [-0.2, 0) is 9.53 Å². The molecule has 1 rings (SSSR count). The van der Waals surface area contributed by atoms with Crippen LogP contribution in [0.25, 0.3) is 0 Å². The lowest BCUT2D eigenvalue weighted by molar-refractivity contribution is -0.148. The summed E-state index contributed by atoms with van der Waals surface area (Å²) >= 11 is 0. The van der Waals surface area contributed by atoms with Gasteiger partial charge in [-0.15, -0.1) is 0 Å². The Morgan fingerprint density at radius 2 is 1.95 bits per heavy atom. The number of aliphatic hydroxyl groups is 1. The minimum atomic E-state index is -1.60. The fourth-order valence-electron chi connectivity index (χ4n) is 1.99. The summed E-state index contributed by atoms with van der Waals surface area (Å²) < 4.78 is 5.08. The van der Waals surface area contributed by atoms with Crippen molar-refractivity contribution >= 4 is 12.1 Å². The molecule has 19 heavy (non-hydrogen) atoms. The number of carboxylic acid groups (broad SMARTS) is 1. The number of hydrogen-bond donors (Lipinski definition) is 3. The van der Waals surface area contributed by atoms with Gasteiger partial charge < -0.3 is 20.3 Å². The number of hydrogen-bond acceptors (Lipinski definition) is 4. The van der Waals surface area contributed by atoms with Gasteiger partial charge in [0.2, 0.25) is 0 Å². The third kappa shape index (κ3) is 5.46. The number of rotatable bonds is 5. The molecule has 6 nitrogen and oxygen atoms in total. The summed E-state index contributed by atoms with van der Waals surface area (Å²) in [5.41, 5.74) is -0.653. The monoisotopic (exact) mass is 273 g/mol. The second-order valence-electron chi connectivity index (χ2n) is 6.07. The number of aliphatic hydroxyl groups excluding tert-OH is 1. The Morgan fingerprint density at radius 1 is 1.37 bits per heavy atom. The molecule has 0 aromatic heterocycles. The predicted octanol–water partition coefficient (Wildman–Crippen LogP) is 1.52. The summed E-state index contributed by atoms with van der Waals surface area (Å²) in [5.74, 6) is -0.964. The van der Waals surface area contributed by atoms with Gasteiger partial charge in [-0.05, 0) is 33.1 Å². The topological polar surface area (TPSA) is 95.9 Å². The molecule has 1 saturated carbocycles. The number of aliphatic carboxylic acids is 1. The molecular formula is C13H23NO5. The molecule has 0 bridgehead atoms. The molecule has 1 amide bonds. The fraction of sp³-hybridized carbons (Fsp3) is 0.846. The van der Waals surface area contributed by atoms with Crippen LogP contribution in [0.3, 0.4) is 0 Å². The van der Waals surface area contributed by atoms with Gasteiger partial charge in [0.05, 0.1) is 6.04 Å². The molecule has 110 valence electrons. The Bertz CT molecular complexity index is 332. The van der Waals surface area contributed by atoms with E-state index in [9.17, 15) is 14.7 Å². The maximum atomic E-state index is 11.6. The van der Waals surface area contributed by atoms with E-state index in [-0.39, 0.29) is 0 Å². The zero-order valence-corrected chi connectivity index (χ0v) is 11.7. The first kappa shape index (κ1) is 15.8. The van der Waals surface area contributed by atoms with Gasteiger partial charge in [-0.2, -0.15) is 0 Å². The van der Waals surface area contributed by atoms with Crippen LogP contribution in [0.2, 0.25) is 0 Å². The number of nitrogens with one attached hydrogen (secondary N) is 1. The molecule has 2 atom stereocenters. The van der Waals surface area contributed by atoms with Crippen molar-refractivity contribution in [3.05, 3.63) is 0 Å². The lowest BCUT2D eigenvalue weighted by Gasteiger charge is -2.31. The molecule has 0 aromatic rings. The summed E-state index contributed by atoms with van der Waals surface area (Å²) in [5, 5.41) is 21.0. The molecule has 0 saturated heterocycles. The Kier molecular flexibility index (Phi) is 5.17. The smallest absolute Gasteiger partial charge is 0.407 e. The molecule has 1 aliphatic carbocycles. The predicted molar refractivity (Wildman–Crippen MR) is 68.8 cm³/mol. The Balaban J connectivity index is 2.57. The Hall–Kier alpha value is -1.30. The molecule has 0 spiro atoms. The second-order valence-corrected chi connectivity index (χ2v) is 6.07. The van der Waals surface area contributed by atoms with Crippen LogP contribution in [0.1, 0.15) is 46.5 Å². The van der Waals surface area contributed by atoms with E-state index >= 15 is 0 Å². The average molecular weight is 273 g/mol. The van der Waals surface area contributed by atoms with Gasteiger partial charge in [0.15, 0.2) is 6.10 Å². The first-order valence-corrected chi connectivity index (χ1v) is 6.59. The highest BCUT2D eigenvalue weighted by molar-refractivity contribution is 5.75. The quantitative estimate of drug-likeness (QED) is 0.705.